The van der Waals surface area contributed by atoms with Gasteiger partial charge in [-0.25, -0.2) is 4.39 Å². The van der Waals surface area contributed by atoms with Gasteiger partial charge < -0.3 is 10.3 Å². The third-order valence-corrected chi connectivity index (χ3v) is 3.57. The predicted octanol–water partition coefficient (Wildman–Crippen LogP) is 4.21. The van der Waals surface area contributed by atoms with Crippen molar-refractivity contribution in [2.75, 3.05) is 5.73 Å². The van der Waals surface area contributed by atoms with Crippen molar-refractivity contribution in [3.63, 3.8) is 0 Å². The quantitative estimate of drug-likeness (QED) is 0.782. The van der Waals surface area contributed by atoms with Crippen LogP contribution in [0.25, 0.3) is 11.1 Å². The van der Waals surface area contributed by atoms with E-state index in [9.17, 15) is 4.39 Å². The maximum atomic E-state index is 14.3. The fourth-order valence-electron chi connectivity index (χ4n) is 2.33. The molecule has 0 aliphatic rings. The molecule has 3 rings (SSSR count). The van der Waals surface area contributed by atoms with Gasteiger partial charge >= 0.3 is 0 Å². The van der Waals surface area contributed by atoms with Gasteiger partial charge in [0.1, 0.15) is 5.82 Å². The predicted molar refractivity (Wildman–Crippen MR) is 80.3 cm³/mol. The first kappa shape index (κ1) is 13.4. The molecule has 0 spiro atoms. The Balaban J connectivity index is 1.94. The third-order valence-electron chi connectivity index (χ3n) is 3.57. The summed E-state index contributed by atoms with van der Waals surface area (Å²) in [4.78, 5) is 0. The molecular weight excluding hydrogens is 267 g/mol. The van der Waals surface area contributed by atoms with Crippen LogP contribution in [0.5, 0.6) is 0 Å². The molecule has 2 N–H and O–H groups in total. The molecule has 21 heavy (non-hydrogen) atoms. The number of nitrogens with two attached hydrogens (primary N) is 1. The first-order valence-corrected chi connectivity index (χ1v) is 6.72. The second kappa shape index (κ2) is 5.40. The summed E-state index contributed by atoms with van der Waals surface area (Å²) in [6.07, 6.45) is 0. The van der Waals surface area contributed by atoms with Crippen molar-refractivity contribution in [3.05, 3.63) is 71.7 Å². The van der Waals surface area contributed by atoms with Crippen molar-refractivity contribution < 1.29 is 8.91 Å². The Morgan fingerprint density at radius 1 is 1.10 bits per heavy atom. The highest BCUT2D eigenvalue weighted by molar-refractivity contribution is 5.64. The minimum absolute atomic E-state index is 0.0784. The molecule has 1 aromatic heterocycles. The summed E-state index contributed by atoms with van der Waals surface area (Å²) in [6.45, 7) is 1.94. The van der Waals surface area contributed by atoms with Gasteiger partial charge in [0.2, 0.25) is 5.88 Å². The highest BCUT2D eigenvalue weighted by atomic mass is 19.1. The van der Waals surface area contributed by atoms with Crippen LogP contribution in [0.3, 0.4) is 0 Å². The van der Waals surface area contributed by atoms with E-state index in [4.69, 9.17) is 10.3 Å². The number of nitrogens with zero attached hydrogens (tertiary/aromatic N) is 1. The minimum Gasteiger partial charge on any atom is -0.368 e. The summed E-state index contributed by atoms with van der Waals surface area (Å²) < 4.78 is 19.2. The van der Waals surface area contributed by atoms with Crippen LogP contribution in [0.4, 0.5) is 10.3 Å². The Kier molecular flexibility index (Phi) is 3.44. The lowest BCUT2D eigenvalue weighted by atomic mass is 9.95. The van der Waals surface area contributed by atoms with Crippen LogP contribution in [0, 0.1) is 5.82 Å². The summed E-state index contributed by atoms with van der Waals surface area (Å²) in [6, 6.07) is 16.4. The number of nitrogen functional groups attached to an aromatic ring is 1. The van der Waals surface area contributed by atoms with Crippen molar-refractivity contribution in [1.29, 1.82) is 0 Å². The first-order valence-electron chi connectivity index (χ1n) is 6.72. The highest BCUT2D eigenvalue weighted by Gasteiger charge is 2.15. The molecule has 1 heterocycles. The van der Waals surface area contributed by atoms with Gasteiger partial charge in [0.25, 0.3) is 0 Å². The van der Waals surface area contributed by atoms with Crippen LogP contribution in [0.15, 0.2) is 59.1 Å². The van der Waals surface area contributed by atoms with Gasteiger partial charge in [0.15, 0.2) is 0 Å². The van der Waals surface area contributed by atoms with E-state index in [1.807, 2.05) is 43.3 Å². The lowest BCUT2D eigenvalue weighted by molar-refractivity contribution is 0.425. The van der Waals surface area contributed by atoms with E-state index in [1.54, 1.807) is 12.1 Å². The molecule has 0 radical (unpaired) electrons. The molecule has 0 bridgehead atoms. The number of halogens is 1. The van der Waals surface area contributed by atoms with Crippen molar-refractivity contribution in [2.24, 2.45) is 0 Å². The topological polar surface area (TPSA) is 52.0 Å². The van der Waals surface area contributed by atoms with Gasteiger partial charge in [-0.05, 0) is 17.2 Å². The maximum absolute atomic E-state index is 14.3. The molecule has 0 aliphatic heterocycles. The Bertz CT molecular complexity index is 752. The summed E-state index contributed by atoms with van der Waals surface area (Å²) >= 11 is 0. The number of benzene rings is 2. The highest BCUT2D eigenvalue weighted by Crippen LogP contribution is 2.29. The van der Waals surface area contributed by atoms with Crippen LogP contribution in [-0.4, -0.2) is 5.16 Å². The molecule has 0 fully saturated rings. The minimum atomic E-state index is -0.248. The number of rotatable bonds is 3. The maximum Gasteiger partial charge on any atom is 0.222 e. The second-order valence-corrected chi connectivity index (χ2v) is 4.98. The van der Waals surface area contributed by atoms with Crippen LogP contribution in [-0.2, 0) is 0 Å². The zero-order valence-corrected chi connectivity index (χ0v) is 11.6. The molecule has 0 saturated carbocycles. The Morgan fingerprint density at radius 3 is 2.48 bits per heavy atom. The fraction of sp³-hybridized carbons (Fsp3) is 0.118. The molecule has 1 atom stereocenters. The summed E-state index contributed by atoms with van der Waals surface area (Å²) in [7, 11) is 0. The average molecular weight is 282 g/mol. The van der Waals surface area contributed by atoms with Gasteiger partial charge in [0, 0.05) is 17.5 Å². The van der Waals surface area contributed by atoms with Crippen LogP contribution in [0.1, 0.15) is 24.1 Å². The van der Waals surface area contributed by atoms with Crippen LogP contribution >= 0.6 is 0 Å². The Labute approximate surface area is 122 Å². The third kappa shape index (κ3) is 2.65. The molecular formula is C17H15FN2O. The number of aromatic nitrogens is 1. The molecule has 3 nitrogen and oxygen atoms in total. The van der Waals surface area contributed by atoms with Crippen molar-refractivity contribution >= 4 is 5.88 Å². The number of anilines is 1. The monoisotopic (exact) mass is 282 g/mol. The largest absolute Gasteiger partial charge is 0.368 e. The smallest absolute Gasteiger partial charge is 0.222 e. The molecule has 0 unspecified atom stereocenters. The van der Waals surface area contributed by atoms with Crippen LogP contribution in [0.2, 0.25) is 0 Å². The average Bonchev–Trinajstić information content (AvgIpc) is 2.94. The Hall–Kier alpha value is -2.62. The SMILES string of the molecule is C[C@H](c1ccc(-c2ccccc2)c(F)c1)c1cc(N)on1. The van der Waals surface area contributed by atoms with E-state index < -0.39 is 0 Å². The number of hydrogen-bond donors (Lipinski definition) is 1. The number of hydrogen-bond acceptors (Lipinski definition) is 3. The molecule has 2 aromatic carbocycles. The van der Waals surface area contributed by atoms with Crippen molar-refractivity contribution in [3.8, 4) is 11.1 Å². The van der Waals surface area contributed by atoms with E-state index in [1.165, 1.54) is 6.07 Å². The summed E-state index contributed by atoms with van der Waals surface area (Å²) in [5.74, 6) is -0.0642. The van der Waals surface area contributed by atoms with Gasteiger partial charge in [-0.1, -0.05) is 54.5 Å². The first-order chi connectivity index (χ1) is 10.1. The van der Waals surface area contributed by atoms with Crippen molar-refractivity contribution in [1.82, 2.24) is 5.16 Å². The molecule has 106 valence electrons. The normalized spacial score (nSPS) is 12.3. The van der Waals surface area contributed by atoms with E-state index in [0.717, 1.165) is 11.1 Å². The lowest BCUT2D eigenvalue weighted by Gasteiger charge is -2.11. The standard InChI is InChI=1S/C17H15FN2O/c1-11(16-10-17(19)21-20-16)13-7-8-14(15(18)9-13)12-5-3-2-4-6-12/h2-11H,19H2,1H3/t11-/m1/s1. The van der Waals surface area contributed by atoms with E-state index in [0.29, 0.717) is 11.3 Å². The summed E-state index contributed by atoms with van der Waals surface area (Å²) in [5, 5.41) is 3.88. The second-order valence-electron chi connectivity index (χ2n) is 4.98. The van der Waals surface area contributed by atoms with E-state index in [-0.39, 0.29) is 17.6 Å². The van der Waals surface area contributed by atoms with Gasteiger partial charge in [-0.2, -0.15) is 0 Å². The molecule has 4 heteroatoms. The lowest BCUT2D eigenvalue weighted by Crippen LogP contribution is -1.98. The zero-order chi connectivity index (χ0) is 14.8. The van der Waals surface area contributed by atoms with Gasteiger partial charge in [-0.3, -0.25) is 0 Å². The molecule has 0 amide bonds. The Morgan fingerprint density at radius 2 is 1.86 bits per heavy atom. The van der Waals surface area contributed by atoms with Crippen LogP contribution < -0.4 is 5.73 Å². The molecule has 0 aliphatic carbocycles. The van der Waals surface area contributed by atoms with Gasteiger partial charge in [0.05, 0.1) is 5.69 Å². The van der Waals surface area contributed by atoms with Gasteiger partial charge in [-0.15, -0.1) is 0 Å². The van der Waals surface area contributed by atoms with Crippen molar-refractivity contribution in [2.45, 2.75) is 12.8 Å². The zero-order valence-electron chi connectivity index (χ0n) is 11.6. The fourth-order valence-corrected chi connectivity index (χ4v) is 2.33. The molecule has 3 aromatic rings. The summed E-state index contributed by atoms with van der Waals surface area (Å²) in [5.41, 5.74) is 8.50. The van der Waals surface area contributed by atoms with E-state index >= 15 is 0 Å². The molecule has 0 saturated heterocycles. The van der Waals surface area contributed by atoms with E-state index in [2.05, 4.69) is 5.16 Å².